The van der Waals surface area contributed by atoms with Crippen molar-refractivity contribution in [2.24, 2.45) is 0 Å². The molecule has 0 heterocycles. The number of carbonyl (C=O) groups excluding carboxylic acids is 1. The summed E-state index contributed by atoms with van der Waals surface area (Å²) in [6, 6.07) is 11.5. The molecule has 0 saturated carbocycles. The molecule has 0 aromatic heterocycles. The standard InChI is InChI=1S/C21H25NO3/c1-5-16-9-11-20(15(4)12-16)25-14-18-13-17(6-2)8-10-19(18)22(24)21(23)7-3/h6,8-13,24H,2,5,7,14H2,1,3-4H3. The number of carbonyl (C=O) groups is 1. The third-order valence-corrected chi connectivity index (χ3v) is 4.14. The third-order valence-electron chi connectivity index (χ3n) is 4.14. The van der Waals surface area contributed by atoms with Gasteiger partial charge in [-0.2, -0.15) is 5.06 Å². The number of aryl methyl sites for hydroxylation is 2. The first kappa shape index (κ1) is 18.7. The number of ether oxygens (including phenoxy) is 1. The van der Waals surface area contributed by atoms with E-state index in [-0.39, 0.29) is 18.9 Å². The number of amides is 1. The highest BCUT2D eigenvalue weighted by Crippen LogP contribution is 2.26. The Kier molecular flexibility index (Phi) is 6.37. The largest absolute Gasteiger partial charge is 0.489 e. The molecule has 0 aliphatic carbocycles. The first-order valence-electron chi connectivity index (χ1n) is 8.49. The van der Waals surface area contributed by atoms with Crippen molar-refractivity contribution in [2.45, 2.75) is 40.2 Å². The number of anilines is 1. The van der Waals surface area contributed by atoms with E-state index in [0.29, 0.717) is 10.8 Å². The van der Waals surface area contributed by atoms with Crippen LogP contribution in [0.1, 0.15) is 42.5 Å². The van der Waals surface area contributed by atoms with Crippen LogP contribution in [0.2, 0.25) is 0 Å². The Morgan fingerprint density at radius 1 is 1.24 bits per heavy atom. The van der Waals surface area contributed by atoms with Crippen molar-refractivity contribution in [3.8, 4) is 5.75 Å². The molecule has 0 bridgehead atoms. The fraction of sp³-hybridized carbons (Fsp3) is 0.286. The van der Waals surface area contributed by atoms with Crippen LogP contribution >= 0.6 is 0 Å². The lowest BCUT2D eigenvalue weighted by molar-refractivity contribution is -0.123. The van der Waals surface area contributed by atoms with Crippen molar-refractivity contribution in [2.75, 3.05) is 5.06 Å². The number of benzene rings is 2. The van der Waals surface area contributed by atoms with E-state index in [9.17, 15) is 10.0 Å². The van der Waals surface area contributed by atoms with Gasteiger partial charge in [0.2, 0.25) is 5.91 Å². The van der Waals surface area contributed by atoms with Gasteiger partial charge in [0, 0.05) is 12.0 Å². The molecule has 0 fully saturated rings. The Morgan fingerprint density at radius 2 is 2.00 bits per heavy atom. The van der Waals surface area contributed by atoms with Crippen LogP contribution < -0.4 is 9.80 Å². The summed E-state index contributed by atoms with van der Waals surface area (Å²) in [7, 11) is 0. The second-order valence-electron chi connectivity index (χ2n) is 5.89. The van der Waals surface area contributed by atoms with E-state index in [1.807, 2.05) is 25.1 Å². The van der Waals surface area contributed by atoms with Crippen molar-refractivity contribution in [1.29, 1.82) is 0 Å². The summed E-state index contributed by atoms with van der Waals surface area (Å²) in [6.45, 7) is 9.84. The second kappa shape index (κ2) is 8.49. The zero-order valence-electron chi connectivity index (χ0n) is 15.1. The zero-order chi connectivity index (χ0) is 18.4. The lowest BCUT2D eigenvalue weighted by Crippen LogP contribution is -2.27. The van der Waals surface area contributed by atoms with Crippen LogP contribution in [0.25, 0.3) is 6.08 Å². The van der Waals surface area contributed by atoms with Crippen LogP contribution in [-0.2, 0) is 17.8 Å². The average Bonchev–Trinajstić information content (AvgIpc) is 2.65. The summed E-state index contributed by atoms with van der Waals surface area (Å²) in [4.78, 5) is 11.8. The minimum atomic E-state index is -0.365. The zero-order valence-corrected chi connectivity index (χ0v) is 15.1. The van der Waals surface area contributed by atoms with Gasteiger partial charge in [-0.3, -0.25) is 10.0 Å². The maximum Gasteiger partial charge on any atom is 0.250 e. The topological polar surface area (TPSA) is 49.8 Å². The second-order valence-corrected chi connectivity index (χ2v) is 5.89. The smallest absolute Gasteiger partial charge is 0.250 e. The lowest BCUT2D eigenvalue weighted by Gasteiger charge is -2.19. The predicted octanol–water partition coefficient (Wildman–Crippen LogP) is 4.91. The monoisotopic (exact) mass is 339 g/mol. The number of rotatable bonds is 7. The maximum atomic E-state index is 11.8. The molecular formula is C21H25NO3. The summed E-state index contributed by atoms with van der Waals surface area (Å²) < 4.78 is 5.94. The molecule has 0 unspecified atom stereocenters. The molecule has 4 heteroatoms. The SMILES string of the molecule is C=Cc1ccc(N(O)C(=O)CC)c(COc2ccc(CC)cc2C)c1. The Hall–Kier alpha value is -2.59. The van der Waals surface area contributed by atoms with Gasteiger partial charge in [0.25, 0.3) is 0 Å². The normalized spacial score (nSPS) is 10.4. The van der Waals surface area contributed by atoms with Crippen LogP contribution in [0.4, 0.5) is 5.69 Å². The van der Waals surface area contributed by atoms with Gasteiger partial charge < -0.3 is 4.74 Å². The van der Waals surface area contributed by atoms with E-state index in [0.717, 1.165) is 28.9 Å². The van der Waals surface area contributed by atoms with E-state index in [1.54, 1.807) is 25.1 Å². The fourth-order valence-electron chi connectivity index (χ4n) is 2.59. The minimum absolute atomic E-state index is 0.220. The molecular weight excluding hydrogens is 314 g/mol. The Bertz CT molecular complexity index is 768. The van der Waals surface area contributed by atoms with Gasteiger partial charge in [0.1, 0.15) is 12.4 Å². The van der Waals surface area contributed by atoms with E-state index < -0.39 is 0 Å². The van der Waals surface area contributed by atoms with Crippen molar-refractivity contribution < 1.29 is 14.7 Å². The number of hydrogen-bond donors (Lipinski definition) is 1. The molecule has 0 radical (unpaired) electrons. The fourth-order valence-corrected chi connectivity index (χ4v) is 2.59. The average molecular weight is 339 g/mol. The number of hydroxylamine groups is 1. The minimum Gasteiger partial charge on any atom is -0.489 e. The van der Waals surface area contributed by atoms with Crippen LogP contribution in [0, 0.1) is 6.92 Å². The molecule has 0 aliphatic rings. The summed E-state index contributed by atoms with van der Waals surface area (Å²) in [5.41, 5.74) is 4.37. The molecule has 1 N–H and O–H groups in total. The molecule has 2 aromatic rings. The molecule has 2 aromatic carbocycles. The maximum absolute atomic E-state index is 11.8. The van der Waals surface area contributed by atoms with E-state index in [4.69, 9.17) is 4.74 Å². The lowest BCUT2D eigenvalue weighted by atomic mass is 10.1. The van der Waals surface area contributed by atoms with Gasteiger partial charge in [-0.15, -0.1) is 0 Å². The van der Waals surface area contributed by atoms with Gasteiger partial charge in [0.05, 0.1) is 5.69 Å². The third kappa shape index (κ3) is 4.48. The Labute approximate surface area is 149 Å². The highest BCUT2D eigenvalue weighted by atomic mass is 16.5. The van der Waals surface area contributed by atoms with Crippen LogP contribution in [0.3, 0.4) is 0 Å². The number of hydrogen-bond acceptors (Lipinski definition) is 3. The molecule has 132 valence electrons. The summed E-state index contributed by atoms with van der Waals surface area (Å²) in [6.07, 6.45) is 2.92. The van der Waals surface area contributed by atoms with Gasteiger partial charge in [0.15, 0.2) is 0 Å². The molecule has 1 amide bonds. The predicted molar refractivity (Wildman–Crippen MR) is 101 cm³/mol. The summed E-state index contributed by atoms with van der Waals surface area (Å²) >= 11 is 0. The van der Waals surface area contributed by atoms with Crippen molar-refractivity contribution in [1.82, 2.24) is 0 Å². The summed E-state index contributed by atoms with van der Waals surface area (Å²) in [5, 5.41) is 10.8. The molecule has 2 rings (SSSR count). The van der Waals surface area contributed by atoms with Crippen molar-refractivity contribution >= 4 is 17.7 Å². The quantitative estimate of drug-likeness (QED) is 0.576. The van der Waals surface area contributed by atoms with Gasteiger partial charge in [-0.1, -0.05) is 44.7 Å². The van der Waals surface area contributed by atoms with Gasteiger partial charge >= 0.3 is 0 Å². The molecule has 0 atom stereocenters. The van der Waals surface area contributed by atoms with Crippen LogP contribution in [0.15, 0.2) is 43.0 Å². The Balaban J connectivity index is 2.28. The summed E-state index contributed by atoms with van der Waals surface area (Å²) in [5.74, 6) is 0.426. The molecule has 0 aliphatic heterocycles. The number of nitrogens with zero attached hydrogens (tertiary/aromatic N) is 1. The molecule has 25 heavy (non-hydrogen) atoms. The molecule has 4 nitrogen and oxygen atoms in total. The van der Waals surface area contributed by atoms with Crippen LogP contribution in [0.5, 0.6) is 5.75 Å². The highest BCUT2D eigenvalue weighted by molar-refractivity contribution is 5.91. The Morgan fingerprint density at radius 3 is 2.60 bits per heavy atom. The first-order valence-corrected chi connectivity index (χ1v) is 8.49. The van der Waals surface area contributed by atoms with Crippen LogP contribution in [-0.4, -0.2) is 11.1 Å². The first-order chi connectivity index (χ1) is 12.0. The van der Waals surface area contributed by atoms with E-state index in [2.05, 4.69) is 19.6 Å². The highest BCUT2D eigenvalue weighted by Gasteiger charge is 2.16. The van der Waals surface area contributed by atoms with Gasteiger partial charge in [-0.25, -0.2) is 0 Å². The molecule has 0 saturated heterocycles. The van der Waals surface area contributed by atoms with Crippen molar-refractivity contribution in [3.63, 3.8) is 0 Å². The van der Waals surface area contributed by atoms with Crippen molar-refractivity contribution in [3.05, 3.63) is 65.2 Å². The van der Waals surface area contributed by atoms with E-state index in [1.165, 1.54) is 5.56 Å². The molecule has 0 spiro atoms. The van der Waals surface area contributed by atoms with E-state index >= 15 is 0 Å². The van der Waals surface area contributed by atoms with Gasteiger partial charge in [-0.05, 0) is 48.2 Å².